The van der Waals surface area contributed by atoms with Crippen molar-refractivity contribution < 1.29 is 5.21 Å². The van der Waals surface area contributed by atoms with Gasteiger partial charge in [-0.05, 0) is 0 Å². The maximum Gasteiger partial charge on any atom is 0.116 e. The smallest absolute Gasteiger partial charge is 0.116 e. The van der Waals surface area contributed by atoms with E-state index in [1.807, 2.05) is 30.3 Å². The zero-order valence-electron chi connectivity index (χ0n) is 6.11. The van der Waals surface area contributed by atoms with Gasteiger partial charge in [-0.1, -0.05) is 67.3 Å². The Labute approximate surface area is 87.5 Å². The van der Waals surface area contributed by atoms with Crippen LogP contribution in [0.15, 0.2) is 35.5 Å². The Kier molecular flexibility index (Phi) is 3.75. The molecule has 2 nitrogen and oxygen atoms in total. The molecule has 0 saturated carbocycles. The van der Waals surface area contributed by atoms with Gasteiger partial charge >= 0.3 is 0 Å². The van der Waals surface area contributed by atoms with Crippen LogP contribution in [-0.2, 0) is 0 Å². The lowest BCUT2D eigenvalue weighted by atomic mass is 10.1. The predicted molar refractivity (Wildman–Crippen MR) is 56.4 cm³/mol. The summed E-state index contributed by atoms with van der Waals surface area (Å²) in [6.07, 6.45) is 0. The van der Waals surface area contributed by atoms with Crippen molar-refractivity contribution in [3.63, 3.8) is 0 Å². The van der Waals surface area contributed by atoms with E-state index < -0.39 is 0 Å². The van der Waals surface area contributed by atoms with Gasteiger partial charge in [-0.25, -0.2) is 0 Å². The molecule has 1 N–H and O–H groups in total. The monoisotopic (exact) mass is 291 g/mol. The van der Waals surface area contributed by atoms with E-state index in [0.29, 0.717) is 5.71 Å². The molecule has 0 spiro atoms. The summed E-state index contributed by atoms with van der Waals surface area (Å²) in [5, 5.41) is 11.9. The lowest BCUT2D eigenvalue weighted by Gasteiger charge is -2.03. The van der Waals surface area contributed by atoms with Gasteiger partial charge in [-0.2, -0.15) is 0 Å². The summed E-state index contributed by atoms with van der Waals surface area (Å²) in [6, 6.07) is 9.46. The topological polar surface area (TPSA) is 32.6 Å². The highest BCUT2D eigenvalue weighted by Crippen LogP contribution is 2.16. The molecule has 0 fully saturated rings. The summed E-state index contributed by atoms with van der Waals surface area (Å²) in [4.78, 5) is 0. The minimum atomic E-state index is -0.127. The van der Waals surface area contributed by atoms with Gasteiger partial charge in [-0.15, -0.1) is 0 Å². The van der Waals surface area contributed by atoms with Gasteiger partial charge in [0.15, 0.2) is 0 Å². The van der Waals surface area contributed by atoms with Crippen LogP contribution in [-0.4, -0.2) is 14.7 Å². The van der Waals surface area contributed by atoms with E-state index >= 15 is 0 Å². The third-order valence-electron chi connectivity index (χ3n) is 1.38. The molecular weight excluding hydrogens is 286 g/mol. The Morgan fingerprint density at radius 3 is 2.25 bits per heavy atom. The molecule has 0 aromatic heterocycles. The summed E-state index contributed by atoms with van der Waals surface area (Å²) < 4.78 is -0.127. The summed E-state index contributed by atoms with van der Waals surface area (Å²) in [5.74, 6) is 0. The van der Waals surface area contributed by atoms with Crippen molar-refractivity contribution in [3.05, 3.63) is 35.9 Å². The molecule has 1 rings (SSSR count). The first-order valence-corrected chi connectivity index (χ1v) is 5.14. The first kappa shape index (κ1) is 9.74. The number of halogens is 2. The largest absolute Gasteiger partial charge is 0.411 e. The Balaban J connectivity index is 2.97. The lowest BCUT2D eigenvalue weighted by molar-refractivity contribution is 0.319. The van der Waals surface area contributed by atoms with E-state index in [0.717, 1.165) is 5.56 Å². The highest BCUT2D eigenvalue weighted by Gasteiger charge is 2.10. The van der Waals surface area contributed by atoms with Crippen LogP contribution in [0.25, 0.3) is 0 Å². The first-order chi connectivity index (χ1) is 5.75. The quantitative estimate of drug-likeness (QED) is 0.386. The van der Waals surface area contributed by atoms with Gasteiger partial charge in [0, 0.05) is 5.56 Å². The fourth-order valence-corrected chi connectivity index (χ4v) is 1.55. The normalized spacial score (nSPS) is 12.1. The van der Waals surface area contributed by atoms with E-state index in [9.17, 15) is 0 Å². The first-order valence-electron chi connectivity index (χ1n) is 3.31. The summed E-state index contributed by atoms with van der Waals surface area (Å²) in [7, 11) is 0. The Hall–Kier alpha value is -0.350. The maximum atomic E-state index is 8.68. The highest BCUT2D eigenvalue weighted by atomic mass is 79.9. The number of benzene rings is 1. The van der Waals surface area contributed by atoms with Gasteiger partial charge in [0.25, 0.3) is 0 Å². The predicted octanol–water partition coefficient (Wildman–Crippen LogP) is 2.98. The molecule has 0 aliphatic rings. The number of hydrogen-bond acceptors (Lipinski definition) is 2. The second-order valence-electron chi connectivity index (χ2n) is 2.15. The molecule has 64 valence electrons. The van der Waals surface area contributed by atoms with Crippen LogP contribution in [0.2, 0.25) is 0 Å². The Morgan fingerprint density at radius 1 is 1.25 bits per heavy atom. The van der Waals surface area contributed by atoms with E-state index in [2.05, 4.69) is 37.0 Å². The van der Waals surface area contributed by atoms with Crippen molar-refractivity contribution in [1.82, 2.24) is 0 Å². The van der Waals surface area contributed by atoms with Crippen molar-refractivity contribution in [2.45, 2.75) is 3.74 Å². The number of hydrogen-bond donors (Lipinski definition) is 1. The van der Waals surface area contributed by atoms with Crippen molar-refractivity contribution in [2.24, 2.45) is 5.16 Å². The third-order valence-corrected chi connectivity index (χ3v) is 2.25. The molecule has 0 unspecified atom stereocenters. The second kappa shape index (κ2) is 4.62. The van der Waals surface area contributed by atoms with Crippen LogP contribution >= 0.6 is 31.9 Å². The Morgan fingerprint density at radius 2 is 1.83 bits per heavy atom. The van der Waals surface area contributed by atoms with E-state index in [4.69, 9.17) is 5.21 Å². The average Bonchev–Trinajstić information content (AvgIpc) is 2.07. The minimum absolute atomic E-state index is 0.127. The van der Waals surface area contributed by atoms with Gasteiger partial charge in [-0.3, -0.25) is 0 Å². The standard InChI is InChI=1S/C8H7Br2NO/c9-8(10)7(11-12)6-4-2-1-3-5-6/h1-5,8,12H. The molecule has 4 heteroatoms. The molecule has 0 heterocycles. The number of nitrogens with zero attached hydrogens (tertiary/aromatic N) is 1. The molecule has 0 amide bonds. The molecule has 0 saturated heterocycles. The molecule has 0 aliphatic carbocycles. The van der Waals surface area contributed by atoms with Crippen LogP contribution in [0.1, 0.15) is 5.56 Å². The fourth-order valence-electron chi connectivity index (χ4n) is 0.836. The second-order valence-corrected chi connectivity index (χ2v) is 5.21. The van der Waals surface area contributed by atoms with Crippen LogP contribution < -0.4 is 0 Å². The fraction of sp³-hybridized carbons (Fsp3) is 0.125. The van der Waals surface area contributed by atoms with Crippen LogP contribution in [0.5, 0.6) is 0 Å². The summed E-state index contributed by atoms with van der Waals surface area (Å²) in [6.45, 7) is 0. The molecule has 0 atom stereocenters. The van der Waals surface area contributed by atoms with Crippen LogP contribution in [0, 0.1) is 0 Å². The summed E-state index contributed by atoms with van der Waals surface area (Å²) >= 11 is 6.53. The summed E-state index contributed by atoms with van der Waals surface area (Å²) in [5.41, 5.74) is 1.45. The molecule has 1 aromatic carbocycles. The number of rotatable bonds is 2. The van der Waals surface area contributed by atoms with Crippen molar-refractivity contribution in [3.8, 4) is 0 Å². The Bertz CT molecular complexity index is 272. The molecule has 0 bridgehead atoms. The molecule has 1 aromatic rings. The zero-order chi connectivity index (χ0) is 8.97. The van der Waals surface area contributed by atoms with Crippen LogP contribution in [0.3, 0.4) is 0 Å². The van der Waals surface area contributed by atoms with Gasteiger partial charge in [0.1, 0.15) is 9.45 Å². The molecule has 0 radical (unpaired) electrons. The average molecular weight is 293 g/mol. The molecular formula is C8H7Br2NO. The maximum absolute atomic E-state index is 8.68. The molecule has 0 aliphatic heterocycles. The third kappa shape index (κ3) is 2.32. The van der Waals surface area contributed by atoms with Crippen LogP contribution in [0.4, 0.5) is 0 Å². The minimum Gasteiger partial charge on any atom is -0.411 e. The van der Waals surface area contributed by atoms with Gasteiger partial charge in [0.2, 0.25) is 0 Å². The van der Waals surface area contributed by atoms with E-state index in [-0.39, 0.29) is 3.74 Å². The SMILES string of the molecule is ON=C(c1ccccc1)C(Br)Br. The number of alkyl halides is 2. The number of oxime groups is 1. The van der Waals surface area contributed by atoms with Crippen molar-refractivity contribution in [1.29, 1.82) is 0 Å². The van der Waals surface area contributed by atoms with Gasteiger partial charge < -0.3 is 5.21 Å². The van der Waals surface area contributed by atoms with E-state index in [1.54, 1.807) is 0 Å². The highest BCUT2D eigenvalue weighted by molar-refractivity contribution is 9.25. The zero-order valence-corrected chi connectivity index (χ0v) is 9.29. The van der Waals surface area contributed by atoms with Crippen molar-refractivity contribution in [2.75, 3.05) is 0 Å². The van der Waals surface area contributed by atoms with E-state index in [1.165, 1.54) is 0 Å². The molecule has 12 heavy (non-hydrogen) atoms. The van der Waals surface area contributed by atoms with Gasteiger partial charge in [0.05, 0.1) is 0 Å². The van der Waals surface area contributed by atoms with Crippen molar-refractivity contribution >= 4 is 37.6 Å². The lowest BCUT2D eigenvalue weighted by Crippen LogP contribution is -2.08.